The predicted molar refractivity (Wildman–Crippen MR) is 72.3 cm³/mol. The zero-order valence-corrected chi connectivity index (χ0v) is 12.4. The van der Waals surface area contributed by atoms with Gasteiger partial charge in [-0.25, -0.2) is 8.78 Å². The Morgan fingerprint density at radius 1 is 1.40 bits per heavy atom. The number of halogens is 5. The number of hydrogen-bond acceptors (Lipinski definition) is 3. The van der Waals surface area contributed by atoms with Crippen molar-refractivity contribution in [2.45, 2.75) is 31.7 Å². The summed E-state index contributed by atoms with van der Waals surface area (Å²) >= 11 is 7.19. The molecule has 0 aliphatic heterocycles. The van der Waals surface area contributed by atoms with E-state index in [1.54, 1.807) is 6.07 Å². The molecule has 1 heterocycles. The van der Waals surface area contributed by atoms with Gasteiger partial charge in [0.2, 0.25) is 0 Å². The van der Waals surface area contributed by atoms with Crippen molar-refractivity contribution in [1.29, 1.82) is 0 Å². The van der Waals surface area contributed by atoms with E-state index < -0.39 is 19.0 Å². The molecule has 1 unspecified atom stereocenters. The molecule has 0 amide bonds. The molecule has 0 aromatic carbocycles. The summed E-state index contributed by atoms with van der Waals surface area (Å²) in [6.07, 6.45) is -3.16. The van der Waals surface area contributed by atoms with E-state index in [-0.39, 0.29) is 12.6 Å². The van der Waals surface area contributed by atoms with Crippen molar-refractivity contribution in [3.63, 3.8) is 0 Å². The van der Waals surface area contributed by atoms with Crippen LogP contribution in [0.4, 0.5) is 17.6 Å². The van der Waals surface area contributed by atoms with Crippen molar-refractivity contribution in [3.8, 4) is 0 Å². The summed E-state index contributed by atoms with van der Waals surface area (Å²) < 4.78 is 54.7. The van der Waals surface area contributed by atoms with Crippen molar-refractivity contribution in [3.05, 3.63) is 21.3 Å². The molecule has 1 atom stereocenters. The Morgan fingerprint density at radius 3 is 2.60 bits per heavy atom. The standard InChI is InChI=1S/C12H16ClF4NOS/c1-2-18-8(5-9-3-4-10(13)20-9)6-19-7-12(16,17)11(14)15/h3-4,8,11,18H,2,5-7H2,1H3. The summed E-state index contributed by atoms with van der Waals surface area (Å²) in [4.78, 5) is 0.977. The molecular weight excluding hydrogens is 318 g/mol. The highest BCUT2D eigenvalue weighted by Crippen LogP contribution is 2.24. The first kappa shape index (κ1) is 17.7. The van der Waals surface area contributed by atoms with Crippen LogP contribution in [0.5, 0.6) is 0 Å². The lowest BCUT2D eigenvalue weighted by molar-refractivity contribution is -0.167. The topological polar surface area (TPSA) is 21.3 Å². The second kappa shape index (κ2) is 8.17. The van der Waals surface area contributed by atoms with E-state index in [1.807, 2.05) is 13.0 Å². The minimum absolute atomic E-state index is 0.0638. The van der Waals surface area contributed by atoms with Crippen LogP contribution in [-0.2, 0) is 11.2 Å². The lowest BCUT2D eigenvalue weighted by Crippen LogP contribution is -2.38. The maximum absolute atomic E-state index is 12.7. The molecule has 20 heavy (non-hydrogen) atoms. The molecule has 2 nitrogen and oxygen atoms in total. The lowest BCUT2D eigenvalue weighted by atomic mass is 10.2. The summed E-state index contributed by atoms with van der Waals surface area (Å²) in [5, 5.41) is 3.06. The van der Waals surface area contributed by atoms with Crippen molar-refractivity contribution in [2.24, 2.45) is 0 Å². The molecule has 0 fully saturated rings. The predicted octanol–water partition coefficient (Wildman–Crippen LogP) is 3.84. The van der Waals surface area contributed by atoms with Crippen LogP contribution in [-0.4, -0.2) is 38.1 Å². The first-order valence-electron chi connectivity index (χ1n) is 6.06. The molecule has 0 aliphatic carbocycles. The fourth-order valence-electron chi connectivity index (χ4n) is 1.58. The first-order valence-corrected chi connectivity index (χ1v) is 7.26. The molecule has 0 saturated carbocycles. The van der Waals surface area contributed by atoms with E-state index in [0.717, 1.165) is 4.88 Å². The van der Waals surface area contributed by atoms with Gasteiger partial charge in [0.25, 0.3) is 0 Å². The number of hydrogen-bond donors (Lipinski definition) is 1. The van der Waals surface area contributed by atoms with Crippen LogP contribution >= 0.6 is 22.9 Å². The molecule has 0 spiro atoms. The molecule has 116 valence electrons. The average molecular weight is 334 g/mol. The number of likely N-dealkylation sites (N-methyl/N-ethyl adjacent to an activating group) is 1. The molecule has 8 heteroatoms. The molecule has 1 N–H and O–H groups in total. The maximum Gasteiger partial charge on any atom is 0.330 e. The minimum atomic E-state index is -4.11. The van der Waals surface area contributed by atoms with Crippen molar-refractivity contribution in [1.82, 2.24) is 5.32 Å². The normalized spacial score (nSPS) is 13.9. The van der Waals surface area contributed by atoms with E-state index in [2.05, 4.69) is 5.32 Å². The van der Waals surface area contributed by atoms with Gasteiger partial charge in [0.05, 0.1) is 10.9 Å². The minimum Gasteiger partial charge on any atom is -0.373 e. The van der Waals surface area contributed by atoms with Crippen LogP contribution in [0.1, 0.15) is 11.8 Å². The molecule has 1 rings (SSSR count). The van der Waals surface area contributed by atoms with E-state index in [0.29, 0.717) is 17.3 Å². The highest BCUT2D eigenvalue weighted by molar-refractivity contribution is 7.16. The summed E-state index contributed by atoms with van der Waals surface area (Å²) in [6.45, 7) is 1.14. The lowest BCUT2D eigenvalue weighted by Gasteiger charge is -2.20. The van der Waals surface area contributed by atoms with Gasteiger partial charge in [0, 0.05) is 10.9 Å². The molecule has 1 aromatic rings. The molecule has 1 aromatic heterocycles. The number of alkyl halides is 4. The molecular formula is C12H16ClF4NOS. The molecule has 0 bridgehead atoms. The summed E-state index contributed by atoms with van der Waals surface area (Å²) in [7, 11) is 0. The first-order chi connectivity index (χ1) is 9.35. The smallest absolute Gasteiger partial charge is 0.330 e. The van der Waals surface area contributed by atoms with Crippen LogP contribution in [0.25, 0.3) is 0 Å². The third-order valence-electron chi connectivity index (χ3n) is 2.50. The van der Waals surface area contributed by atoms with Crippen molar-refractivity contribution >= 4 is 22.9 Å². The Labute approximate surface area is 124 Å². The van der Waals surface area contributed by atoms with Crippen LogP contribution in [0.2, 0.25) is 4.34 Å². The number of rotatable bonds is 9. The van der Waals surface area contributed by atoms with Gasteiger partial charge in [-0.3, -0.25) is 0 Å². The summed E-state index contributed by atoms with van der Waals surface area (Å²) in [6, 6.07) is 3.37. The summed E-state index contributed by atoms with van der Waals surface area (Å²) in [5.41, 5.74) is 0. The Balaban J connectivity index is 2.43. The Kier molecular flexibility index (Phi) is 7.22. The average Bonchev–Trinajstić information content (AvgIpc) is 2.74. The Bertz CT molecular complexity index is 403. The third kappa shape index (κ3) is 5.95. The second-order valence-corrected chi connectivity index (χ2v) is 6.04. The zero-order chi connectivity index (χ0) is 15.2. The Hall–Kier alpha value is -0.370. The van der Waals surface area contributed by atoms with E-state index in [4.69, 9.17) is 16.3 Å². The second-order valence-electron chi connectivity index (χ2n) is 4.24. The molecule has 0 radical (unpaired) electrons. The van der Waals surface area contributed by atoms with Gasteiger partial charge in [-0.05, 0) is 25.1 Å². The monoisotopic (exact) mass is 333 g/mol. The zero-order valence-electron chi connectivity index (χ0n) is 10.8. The maximum atomic E-state index is 12.7. The largest absolute Gasteiger partial charge is 0.373 e. The van der Waals surface area contributed by atoms with E-state index >= 15 is 0 Å². The van der Waals surface area contributed by atoms with Gasteiger partial charge in [-0.1, -0.05) is 18.5 Å². The third-order valence-corrected chi connectivity index (χ3v) is 3.76. The van der Waals surface area contributed by atoms with Crippen molar-refractivity contribution < 1.29 is 22.3 Å². The number of thiophene rings is 1. The van der Waals surface area contributed by atoms with Crippen LogP contribution in [0.3, 0.4) is 0 Å². The van der Waals surface area contributed by atoms with Gasteiger partial charge < -0.3 is 10.1 Å². The van der Waals surface area contributed by atoms with Gasteiger partial charge in [0.15, 0.2) is 0 Å². The van der Waals surface area contributed by atoms with Gasteiger partial charge in [-0.15, -0.1) is 11.3 Å². The molecule has 0 aliphatic rings. The van der Waals surface area contributed by atoms with Gasteiger partial charge in [0.1, 0.15) is 6.61 Å². The van der Waals surface area contributed by atoms with E-state index in [1.165, 1.54) is 11.3 Å². The van der Waals surface area contributed by atoms with Crippen LogP contribution in [0, 0.1) is 0 Å². The highest BCUT2D eigenvalue weighted by atomic mass is 35.5. The Morgan fingerprint density at radius 2 is 2.10 bits per heavy atom. The SMILES string of the molecule is CCNC(COCC(F)(F)C(F)F)Cc1ccc(Cl)s1. The number of nitrogens with one attached hydrogen (secondary N) is 1. The summed E-state index contributed by atoms with van der Waals surface area (Å²) in [5.74, 6) is -4.11. The van der Waals surface area contributed by atoms with Crippen molar-refractivity contribution in [2.75, 3.05) is 19.8 Å². The molecule has 0 saturated heterocycles. The fraction of sp³-hybridized carbons (Fsp3) is 0.667. The van der Waals surface area contributed by atoms with Gasteiger partial charge in [-0.2, -0.15) is 8.78 Å². The van der Waals surface area contributed by atoms with Gasteiger partial charge >= 0.3 is 12.3 Å². The highest BCUT2D eigenvalue weighted by Gasteiger charge is 2.41. The van der Waals surface area contributed by atoms with Crippen LogP contribution < -0.4 is 5.32 Å². The van der Waals surface area contributed by atoms with Crippen LogP contribution in [0.15, 0.2) is 12.1 Å². The fourth-order valence-corrected chi connectivity index (χ4v) is 2.75. The quantitative estimate of drug-likeness (QED) is 0.693. The number of ether oxygens (including phenoxy) is 1. The van der Waals surface area contributed by atoms with E-state index in [9.17, 15) is 17.6 Å².